The van der Waals surface area contributed by atoms with Gasteiger partial charge in [-0.3, -0.25) is 9.88 Å². The molecular formula is C28H27FN2O6. The maximum atomic E-state index is 13.4. The largest absolute Gasteiger partial charge is 0.493 e. The number of hydrogen-bond acceptors (Lipinski definition) is 6. The predicted molar refractivity (Wildman–Crippen MR) is 138 cm³/mol. The first-order chi connectivity index (χ1) is 17.8. The number of rotatable bonds is 9. The Labute approximate surface area is 213 Å². The summed E-state index contributed by atoms with van der Waals surface area (Å²) in [6, 6.07) is 14.6. The van der Waals surface area contributed by atoms with Crippen LogP contribution in [0.25, 0.3) is 10.9 Å². The number of hydrogen-bond donors (Lipinski definition) is 1. The second-order valence-corrected chi connectivity index (χ2v) is 8.28. The Hall–Kier alpha value is -4.53. The fourth-order valence-electron chi connectivity index (χ4n) is 3.96. The molecule has 8 nitrogen and oxygen atoms in total. The van der Waals surface area contributed by atoms with E-state index in [0.717, 1.165) is 10.9 Å². The molecule has 0 aliphatic rings. The van der Waals surface area contributed by atoms with Crippen molar-refractivity contribution >= 4 is 22.7 Å². The molecule has 1 N–H and O–H groups in total. The van der Waals surface area contributed by atoms with E-state index in [1.165, 1.54) is 23.1 Å². The Morgan fingerprint density at radius 1 is 0.946 bits per heavy atom. The molecule has 4 aromatic rings. The van der Waals surface area contributed by atoms with Gasteiger partial charge in [0.15, 0.2) is 11.5 Å². The summed E-state index contributed by atoms with van der Waals surface area (Å²) in [7, 11) is 3.12. The number of nitrogens with zero attached hydrogens (tertiary/aromatic N) is 2. The number of halogens is 1. The third kappa shape index (κ3) is 5.66. The maximum absolute atomic E-state index is 13.4. The Balaban J connectivity index is 1.58. The molecule has 0 aliphatic carbocycles. The lowest BCUT2D eigenvalue weighted by Crippen LogP contribution is -2.34. The summed E-state index contributed by atoms with van der Waals surface area (Å²) >= 11 is 0. The van der Waals surface area contributed by atoms with Gasteiger partial charge in [0.25, 0.3) is 0 Å². The average molecular weight is 507 g/mol. The maximum Gasteiger partial charge on any atom is 0.411 e. The van der Waals surface area contributed by atoms with Crippen LogP contribution >= 0.6 is 0 Å². The van der Waals surface area contributed by atoms with Crippen LogP contribution in [0.1, 0.15) is 11.1 Å². The van der Waals surface area contributed by atoms with Gasteiger partial charge in [-0.25, -0.2) is 9.18 Å². The van der Waals surface area contributed by atoms with Crippen LogP contribution in [0.5, 0.6) is 28.7 Å². The lowest BCUT2D eigenvalue weighted by molar-refractivity contribution is 0.199. The molecule has 0 saturated heterocycles. The van der Waals surface area contributed by atoms with Crippen LogP contribution in [0.3, 0.4) is 0 Å². The molecule has 1 heterocycles. The first-order valence-corrected chi connectivity index (χ1v) is 11.5. The van der Waals surface area contributed by atoms with Crippen LogP contribution < -0.4 is 23.8 Å². The first-order valence-electron chi connectivity index (χ1n) is 11.5. The van der Waals surface area contributed by atoms with E-state index in [0.29, 0.717) is 45.5 Å². The third-order valence-electron chi connectivity index (χ3n) is 5.82. The van der Waals surface area contributed by atoms with E-state index >= 15 is 0 Å². The monoisotopic (exact) mass is 506 g/mol. The Bertz CT molecular complexity index is 1440. The second kappa shape index (κ2) is 11.0. The topological polar surface area (TPSA) is 90.4 Å². The van der Waals surface area contributed by atoms with Crippen LogP contribution in [0, 0.1) is 19.7 Å². The van der Waals surface area contributed by atoms with Crippen LogP contribution in [0.4, 0.5) is 14.9 Å². The Kier molecular flexibility index (Phi) is 7.62. The Morgan fingerprint density at radius 3 is 2.41 bits per heavy atom. The highest BCUT2D eigenvalue weighted by Crippen LogP contribution is 2.38. The summed E-state index contributed by atoms with van der Waals surface area (Å²) < 4.78 is 36.0. The summed E-state index contributed by atoms with van der Waals surface area (Å²) in [6.45, 7) is 3.77. The van der Waals surface area contributed by atoms with E-state index in [4.69, 9.17) is 18.9 Å². The molecule has 0 spiro atoms. The second-order valence-electron chi connectivity index (χ2n) is 8.28. The molecule has 0 aliphatic heterocycles. The number of carboxylic acid groups (broad SMARTS) is 1. The van der Waals surface area contributed by atoms with Crippen molar-refractivity contribution < 1.29 is 33.2 Å². The molecule has 1 amide bonds. The number of aryl methyl sites for hydroxylation is 2. The number of anilines is 1. The number of amides is 1. The molecule has 0 saturated carbocycles. The van der Waals surface area contributed by atoms with Crippen LogP contribution in [-0.2, 0) is 0 Å². The van der Waals surface area contributed by atoms with Gasteiger partial charge in [0.05, 0.1) is 32.0 Å². The van der Waals surface area contributed by atoms with Crippen molar-refractivity contribution in [3.8, 4) is 28.7 Å². The molecule has 0 fully saturated rings. The van der Waals surface area contributed by atoms with E-state index in [1.807, 2.05) is 13.8 Å². The van der Waals surface area contributed by atoms with Crippen molar-refractivity contribution in [1.82, 2.24) is 4.98 Å². The summed E-state index contributed by atoms with van der Waals surface area (Å²) in [6.07, 6.45) is 0.519. The minimum Gasteiger partial charge on any atom is -0.493 e. The molecule has 0 bridgehead atoms. The zero-order valence-corrected chi connectivity index (χ0v) is 20.9. The zero-order valence-electron chi connectivity index (χ0n) is 20.9. The smallest absolute Gasteiger partial charge is 0.411 e. The van der Waals surface area contributed by atoms with Gasteiger partial charge in [-0.1, -0.05) is 6.07 Å². The number of fused-ring (bicyclic) bond motifs is 1. The highest BCUT2D eigenvalue weighted by molar-refractivity contribution is 5.89. The molecule has 4 rings (SSSR count). The van der Waals surface area contributed by atoms with Crippen molar-refractivity contribution in [1.29, 1.82) is 0 Å². The number of benzene rings is 3. The van der Waals surface area contributed by atoms with Crippen molar-refractivity contribution in [2.75, 3.05) is 32.3 Å². The molecule has 37 heavy (non-hydrogen) atoms. The highest BCUT2D eigenvalue weighted by atomic mass is 19.1. The van der Waals surface area contributed by atoms with Crippen molar-refractivity contribution in [2.24, 2.45) is 0 Å². The number of pyridine rings is 1. The molecule has 1 aromatic heterocycles. The van der Waals surface area contributed by atoms with Gasteiger partial charge in [-0.2, -0.15) is 0 Å². The first kappa shape index (κ1) is 25.6. The van der Waals surface area contributed by atoms with Gasteiger partial charge < -0.3 is 24.1 Å². The molecule has 0 atom stereocenters. The average Bonchev–Trinajstić information content (AvgIpc) is 2.88. The molecule has 0 unspecified atom stereocenters. The molecule has 0 radical (unpaired) electrons. The van der Waals surface area contributed by atoms with Gasteiger partial charge >= 0.3 is 6.09 Å². The minimum absolute atomic E-state index is 0.0563. The SMILES string of the molecule is COc1cc2nccc(Oc3cc(C)c(N(CCOc4cccc(F)c4)C(=O)O)cc3C)c2cc1OC. The summed E-state index contributed by atoms with van der Waals surface area (Å²) in [5.74, 6) is 2.17. The highest BCUT2D eigenvalue weighted by Gasteiger charge is 2.19. The van der Waals surface area contributed by atoms with Gasteiger partial charge in [0.2, 0.25) is 0 Å². The van der Waals surface area contributed by atoms with Gasteiger partial charge in [-0.15, -0.1) is 0 Å². The lowest BCUT2D eigenvalue weighted by Gasteiger charge is -2.23. The normalized spacial score (nSPS) is 10.7. The number of methoxy groups -OCH3 is 2. The number of ether oxygens (including phenoxy) is 4. The van der Waals surface area contributed by atoms with E-state index < -0.39 is 11.9 Å². The molecule has 192 valence electrons. The van der Waals surface area contributed by atoms with Crippen molar-refractivity contribution in [3.63, 3.8) is 0 Å². The molecule has 3 aromatic carbocycles. The zero-order chi connectivity index (χ0) is 26.5. The standard InChI is InChI=1S/C28H27FN2O6/c1-17-13-25(37-24-8-9-30-22-16-27(35-4)26(34-3)15-21(22)24)18(2)12-23(17)31(28(32)33)10-11-36-20-7-5-6-19(29)14-20/h5-9,12-16H,10-11H2,1-4H3,(H,32,33). The van der Waals surface area contributed by atoms with E-state index in [9.17, 15) is 14.3 Å². The minimum atomic E-state index is -1.12. The lowest BCUT2D eigenvalue weighted by atomic mass is 10.1. The van der Waals surface area contributed by atoms with E-state index in [2.05, 4.69) is 4.98 Å². The van der Waals surface area contributed by atoms with Crippen molar-refractivity contribution in [3.05, 3.63) is 77.7 Å². The quantitative estimate of drug-likeness (QED) is 0.282. The predicted octanol–water partition coefficient (Wildman–Crippen LogP) is 6.36. The summed E-state index contributed by atoms with van der Waals surface area (Å²) in [5, 5.41) is 10.6. The summed E-state index contributed by atoms with van der Waals surface area (Å²) in [5.41, 5.74) is 2.62. The third-order valence-corrected chi connectivity index (χ3v) is 5.82. The van der Waals surface area contributed by atoms with Gasteiger partial charge in [0, 0.05) is 23.7 Å². The fourth-order valence-corrected chi connectivity index (χ4v) is 3.96. The fraction of sp³-hybridized carbons (Fsp3) is 0.214. The van der Waals surface area contributed by atoms with Crippen LogP contribution in [0.15, 0.2) is 60.8 Å². The molecular weight excluding hydrogens is 479 g/mol. The Morgan fingerprint density at radius 2 is 1.70 bits per heavy atom. The molecule has 9 heteroatoms. The summed E-state index contributed by atoms with van der Waals surface area (Å²) in [4.78, 5) is 17.6. The number of carbonyl (C=O) groups is 1. The van der Waals surface area contributed by atoms with Crippen LogP contribution in [-0.4, -0.2) is 43.6 Å². The van der Waals surface area contributed by atoms with Crippen LogP contribution in [0.2, 0.25) is 0 Å². The van der Waals surface area contributed by atoms with Gasteiger partial charge in [0.1, 0.15) is 29.7 Å². The van der Waals surface area contributed by atoms with E-state index in [1.54, 1.807) is 56.8 Å². The number of aromatic nitrogens is 1. The van der Waals surface area contributed by atoms with Gasteiger partial charge in [-0.05, 0) is 61.4 Å². The van der Waals surface area contributed by atoms with E-state index in [-0.39, 0.29) is 13.2 Å². The van der Waals surface area contributed by atoms with Crippen molar-refractivity contribution in [2.45, 2.75) is 13.8 Å².